The topological polar surface area (TPSA) is 36.9 Å². The molecule has 0 bridgehead atoms. The summed E-state index contributed by atoms with van der Waals surface area (Å²) in [7, 11) is 0. The second-order valence-electron chi connectivity index (χ2n) is 10.3. The molecule has 2 aliphatic carbocycles. The van der Waals surface area contributed by atoms with Crippen LogP contribution in [0.15, 0.2) is 0 Å². The molecule has 0 radical (unpaired) electrons. The third-order valence-corrected chi connectivity index (χ3v) is 6.99. The summed E-state index contributed by atoms with van der Waals surface area (Å²) in [4.78, 5) is 24.7. The molecule has 3 rings (SSSR count). The van der Waals surface area contributed by atoms with E-state index in [2.05, 4.69) is 55.4 Å². The molecule has 4 heteroatoms. The maximum absolute atomic E-state index is 6.17. The Morgan fingerprint density at radius 3 is 1.12 bits per heavy atom. The summed E-state index contributed by atoms with van der Waals surface area (Å²) in [5, 5.41) is 0. The summed E-state index contributed by atoms with van der Waals surface area (Å²) in [5.74, 6) is 0.0704. The van der Waals surface area contributed by atoms with E-state index in [-0.39, 0.29) is 22.7 Å². The molecule has 4 atom stereocenters. The van der Waals surface area contributed by atoms with Gasteiger partial charge in [-0.15, -0.1) is 0 Å². The Kier molecular flexibility index (Phi) is 4.40. The van der Waals surface area contributed by atoms with Crippen molar-refractivity contribution in [2.24, 2.45) is 34.5 Å². The van der Waals surface area contributed by atoms with Crippen LogP contribution in [0.5, 0.6) is 0 Å². The van der Waals surface area contributed by atoms with Crippen molar-refractivity contribution in [1.82, 2.24) is 0 Å². The van der Waals surface area contributed by atoms with Gasteiger partial charge in [-0.25, -0.2) is 0 Å². The highest BCUT2D eigenvalue weighted by atomic mass is 17.4. The minimum Gasteiger partial charge on any atom is -0.194 e. The quantitative estimate of drug-likeness (QED) is 0.548. The Balaban J connectivity index is 1.87. The van der Waals surface area contributed by atoms with Crippen LogP contribution in [0.4, 0.5) is 0 Å². The number of hydrogen-bond donors (Lipinski definition) is 0. The van der Waals surface area contributed by atoms with Crippen molar-refractivity contribution in [3.05, 3.63) is 0 Å². The standard InChI is InChI=1S/C20H36O4/c1-13-9-15(3)19(17(5,6)11-13)21-23-20(24-22-19)16(4)10-14(2)12-18(20,7)8/h13-16H,9-12H2,1-8H3. The van der Waals surface area contributed by atoms with E-state index in [0.717, 1.165) is 25.7 Å². The van der Waals surface area contributed by atoms with E-state index in [1.54, 1.807) is 0 Å². The van der Waals surface area contributed by atoms with Gasteiger partial charge in [0, 0.05) is 22.7 Å². The fourth-order valence-electron chi connectivity index (χ4n) is 6.10. The Morgan fingerprint density at radius 2 is 0.875 bits per heavy atom. The third kappa shape index (κ3) is 2.48. The van der Waals surface area contributed by atoms with E-state index in [4.69, 9.17) is 19.6 Å². The van der Waals surface area contributed by atoms with Crippen LogP contribution in [0.1, 0.15) is 81.1 Å². The van der Waals surface area contributed by atoms with Gasteiger partial charge in [0.15, 0.2) is 0 Å². The highest BCUT2D eigenvalue weighted by molar-refractivity contribution is 5.00. The van der Waals surface area contributed by atoms with Gasteiger partial charge in [0.2, 0.25) is 11.6 Å². The average molecular weight is 341 g/mol. The molecule has 0 aromatic carbocycles. The van der Waals surface area contributed by atoms with E-state index in [9.17, 15) is 0 Å². The largest absolute Gasteiger partial charge is 0.241 e. The van der Waals surface area contributed by atoms with Crippen molar-refractivity contribution >= 4 is 0 Å². The SMILES string of the molecule is CC1CC(C)C2(OOC3(OO2)C(C)CC(C)CC3(C)C)C(C)(C)C1. The molecule has 4 unspecified atom stereocenters. The molecule has 3 aliphatic rings. The van der Waals surface area contributed by atoms with Gasteiger partial charge in [0.1, 0.15) is 0 Å². The molecule has 0 N–H and O–H groups in total. The smallest absolute Gasteiger partial charge is 0.194 e. The first-order valence-corrected chi connectivity index (χ1v) is 9.69. The first kappa shape index (κ1) is 18.6. The molecule has 0 aromatic rings. The molecular formula is C20H36O4. The van der Waals surface area contributed by atoms with Crippen molar-refractivity contribution in [3.8, 4) is 0 Å². The summed E-state index contributed by atoms with van der Waals surface area (Å²) >= 11 is 0. The average Bonchev–Trinajstić information content (AvgIpc) is 2.42. The van der Waals surface area contributed by atoms with Crippen LogP contribution in [-0.2, 0) is 19.6 Å². The highest BCUT2D eigenvalue weighted by Crippen LogP contribution is 2.60. The van der Waals surface area contributed by atoms with Gasteiger partial charge >= 0.3 is 0 Å². The molecule has 4 nitrogen and oxygen atoms in total. The normalized spacial score (nSPS) is 51.0. The van der Waals surface area contributed by atoms with Crippen molar-refractivity contribution in [1.29, 1.82) is 0 Å². The van der Waals surface area contributed by atoms with Gasteiger partial charge in [-0.1, -0.05) is 55.4 Å². The zero-order chi connectivity index (χ0) is 18.0. The first-order chi connectivity index (χ1) is 11.0. The monoisotopic (exact) mass is 340 g/mol. The van der Waals surface area contributed by atoms with E-state index in [1.165, 1.54) is 0 Å². The lowest BCUT2D eigenvalue weighted by Gasteiger charge is -2.60. The Hall–Kier alpha value is -0.160. The molecule has 1 heterocycles. The highest BCUT2D eigenvalue weighted by Gasteiger charge is 2.67. The molecule has 3 fully saturated rings. The number of hydrogen-bond acceptors (Lipinski definition) is 4. The van der Waals surface area contributed by atoms with Crippen LogP contribution in [0.3, 0.4) is 0 Å². The predicted molar refractivity (Wildman–Crippen MR) is 92.5 cm³/mol. The maximum atomic E-state index is 6.17. The van der Waals surface area contributed by atoms with E-state index < -0.39 is 11.6 Å². The molecule has 1 aliphatic heterocycles. The van der Waals surface area contributed by atoms with Crippen molar-refractivity contribution < 1.29 is 19.6 Å². The minimum atomic E-state index is -0.830. The van der Waals surface area contributed by atoms with Gasteiger partial charge < -0.3 is 0 Å². The van der Waals surface area contributed by atoms with Crippen molar-refractivity contribution in [2.45, 2.75) is 92.6 Å². The minimum absolute atomic E-state index is 0.166. The second kappa shape index (κ2) is 5.67. The Morgan fingerprint density at radius 1 is 0.583 bits per heavy atom. The first-order valence-electron chi connectivity index (χ1n) is 9.69. The Bertz CT molecular complexity index is 432. The van der Waals surface area contributed by atoms with Crippen LogP contribution < -0.4 is 0 Å². The molecule has 1 saturated heterocycles. The van der Waals surface area contributed by atoms with Gasteiger partial charge in [0.25, 0.3) is 0 Å². The zero-order valence-electron chi connectivity index (χ0n) is 16.8. The summed E-state index contributed by atoms with van der Waals surface area (Å²) in [6, 6.07) is 0. The van der Waals surface area contributed by atoms with Crippen molar-refractivity contribution in [2.75, 3.05) is 0 Å². The molecule has 0 amide bonds. The van der Waals surface area contributed by atoms with Gasteiger partial charge in [0.05, 0.1) is 0 Å². The summed E-state index contributed by atoms with van der Waals surface area (Å²) in [5.41, 5.74) is -0.331. The molecule has 0 aromatic heterocycles. The Labute approximate surface area is 147 Å². The molecule has 140 valence electrons. The number of rotatable bonds is 0. The molecule has 24 heavy (non-hydrogen) atoms. The van der Waals surface area contributed by atoms with Crippen LogP contribution in [-0.4, -0.2) is 11.6 Å². The fraction of sp³-hybridized carbons (Fsp3) is 1.00. The van der Waals surface area contributed by atoms with Gasteiger partial charge in [-0.3, -0.25) is 0 Å². The van der Waals surface area contributed by atoms with Crippen LogP contribution in [0.2, 0.25) is 0 Å². The van der Waals surface area contributed by atoms with Crippen LogP contribution in [0, 0.1) is 34.5 Å². The van der Waals surface area contributed by atoms with Crippen LogP contribution in [0.25, 0.3) is 0 Å². The summed E-state index contributed by atoms with van der Waals surface area (Å²) < 4.78 is 0. The third-order valence-electron chi connectivity index (χ3n) is 6.99. The predicted octanol–water partition coefficient (Wildman–Crippen LogP) is 5.47. The van der Waals surface area contributed by atoms with E-state index in [0.29, 0.717) is 11.8 Å². The van der Waals surface area contributed by atoms with Gasteiger partial charge in [-0.05, 0) is 37.5 Å². The maximum Gasteiger partial charge on any atom is 0.241 e. The van der Waals surface area contributed by atoms with Gasteiger partial charge in [-0.2, -0.15) is 19.6 Å². The lowest BCUT2D eigenvalue weighted by molar-refractivity contribution is -0.700. The lowest BCUT2D eigenvalue weighted by Crippen LogP contribution is -2.68. The van der Waals surface area contributed by atoms with Crippen LogP contribution >= 0.6 is 0 Å². The fourth-order valence-corrected chi connectivity index (χ4v) is 6.10. The van der Waals surface area contributed by atoms with E-state index in [1.807, 2.05) is 0 Å². The second-order valence-corrected chi connectivity index (χ2v) is 10.3. The van der Waals surface area contributed by atoms with E-state index >= 15 is 0 Å². The molecule has 2 saturated carbocycles. The zero-order valence-corrected chi connectivity index (χ0v) is 16.8. The lowest BCUT2D eigenvalue weighted by atomic mass is 9.63. The van der Waals surface area contributed by atoms with Crippen molar-refractivity contribution in [3.63, 3.8) is 0 Å². The summed E-state index contributed by atoms with van der Waals surface area (Å²) in [6.45, 7) is 17.7. The molecular weight excluding hydrogens is 304 g/mol. The molecule has 2 spiro atoms. The summed E-state index contributed by atoms with van der Waals surface area (Å²) in [6.07, 6.45) is 4.18.